The SMILES string of the molecule is C=CCn1c(=O)c2cnc(Nc3ccc4c(c3)CCNC4)nc2n1-c1c[nH]c(C2CC2)n1. The number of H-pyrrole nitrogens is 1. The number of anilines is 2. The Morgan fingerprint density at radius 1 is 1.25 bits per heavy atom. The second-order valence-electron chi connectivity index (χ2n) is 8.37. The molecule has 9 heteroatoms. The zero-order chi connectivity index (χ0) is 21.7. The summed E-state index contributed by atoms with van der Waals surface area (Å²) in [7, 11) is 0. The Hall–Kier alpha value is -3.72. The van der Waals surface area contributed by atoms with Gasteiger partial charge in [0.05, 0.1) is 6.54 Å². The smallest absolute Gasteiger partial charge is 0.278 e. The first-order valence-electron chi connectivity index (χ1n) is 11.0. The molecule has 1 aliphatic carbocycles. The van der Waals surface area contributed by atoms with Crippen LogP contribution in [0.3, 0.4) is 0 Å². The van der Waals surface area contributed by atoms with Crippen LogP contribution in [0.4, 0.5) is 11.6 Å². The van der Waals surface area contributed by atoms with Gasteiger partial charge in [0, 0.05) is 30.5 Å². The molecule has 6 rings (SSSR count). The summed E-state index contributed by atoms with van der Waals surface area (Å²) in [5.41, 5.74) is 3.93. The number of aromatic nitrogens is 6. The lowest BCUT2D eigenvalue weighted by atomic mass is 10.0. The van der Waals surface area contributed by atoms with E-state index in [1.807, 2.05) is 12.3 Å². The monoisotopic (exact) mass is 428 g/mol. The number of aromatic amines is 1. The third kappa shape index (κ3) is 3.21. The zero-order valence-electron chi connectivity index (χ0n) is 17.6. The summed E-state index contributed by atoms with van der Waals surface area (Å²) < 4.78 is 3.35. The lowest BCUT2D eigenvalue weighted by molar-refractivity contribution is 0.598. The van der Waals surface area contributed by atoms with Crippen molar-refractivity contribution in [3.63, 3.8) is 0 Å². The maximum atomic E-state index is 13.0. The Morgan fingerprint density at radius 3 is 3.00 bits per heavy atom. The molecule has 162 valence electrons. The number of imidazole rings is 1. The number of hydrogen-bond donors (Lipinski definition) is 3. The van der Waals surface area contributed by atoms with E-state index in [2.05, 4.69) is 39.3 Å². The fourth-order valence-electron chi connectivity index (χ4n) is 4.29. The predicted octanol–water partition coefficient (Wildman–Crippen LogP) is 2.76. The van der Waals surface area contributed by atoms with E-state index < -0.39 is 0 Å². The number of fused-ring (bicyclic) bond motifs is 2. The van der Waals surface area contributed by atoms with E-state index in [1.54, 1.807) is 21.6 Å². The lowest BCUT2D eigenvalue weighted by Gasteiger charge is -2.18. The predicted molar refractivity (Wildman–Crippen MR) is 123 cm³/mol. The Balaban J connectivity index is 1.43. The molecular weight excluding hydrogens is 404 g/mol. The second kappa shape index (κ2) is 7.45. The maximum Gasteiger partial charge on any atom is 0.278 e. The topological polar surface area (TPSA) is 105 Å². The van der Waals surface area contributed by atoms with Crippen molar-refractivity contribution in [3.05, 3.63) is 70.6 Å². The van der Waals surface area contributed by atoms with Crippen molar-refractivity contribution in [2.24, 2.45) is 0 Å². The van der Waals surface area contributed by atoms with Crippen molar-refractivity contribution in [3.8, 4) is 5.82 Å². The van der Waals surface area contributed by atoms with Crippen molar-refractivity contribution < 1.29 is 0 Å². The summed E-state index contributed by atoms with van der Waals surface area (Å²) in [6.45, 7) is 6.03. The quantitative estimate of drug-likeness (QED) is 0.408. The molecule has 9 nitrogen and oxygen atoms in total. The summed E-state index contributed by atoms with van der Waals surface area (Å²) in [5, 5.41) is 7.14. The molecule has 0 bridgehead atoms. The number of rotatable bonds is 6. The van der Waals surface area contributed by atoms with Crippen LogP contribution in [0.2, 0.25) is 0 Å². The molecule has 0 atom stereocenters. The van der Waals surface area contributed by atoms with Gasteiger partial charge in [0.15, 0.2) is 11.5 Å². The Kier molecular flexibility index (Phi) is 4.43. The van der Waals surface area contributed by atoms with Crippen LogP contribution in [0.5, 0.6) is 0 Å². The molecule has 1 aromatic carbocycles. The third-order valence-electron chi connectivity index (χ3n) is 6.09. The minimum absolute atomic E-state index is 0.163. The van der Waals surface area contributed by atoms with Gasteiger partial charge in [-0.3, -0.25) is 4.79 Å². The van der Waals surface area contributed by atoms with Gasteiger partial charge in [-0.05, 0) is 49.1 Å². The van der Waals surface area contributed by atoms with Crippen LogP contribution in [0.1, 0.15) is 35.7 Å². The highest BCUT2D eigenvalue weighted by Crippen LogP contribution is 2.38. The number of nitrogens with zero attached hydrogens (tertiary/aromatic N) is 5. The average molecular weight is 429 g/mol. The molecule has 1 fully saturated rings. The molecule has 1 saturated carbocycles. The van der Waals surface area contributed by atoms with Crippen molar-refractivity contribution in [2.75, 3.05) is 11.9 Å². The fraction of sp³-hybridized carbons (Fsp3) is 0.304. The largest absolute Gasteiger partial charge is 0.346 e. The molecule has 2 aliphatic rings. The first kappa shape index (κ1) is 19.0. The molecular formula is C23H24N8O. The molecule has 4 heterocycles. The molecule has 4 aromatic rings. The summed E-state index contributed by atoms with van der Waals surface area (Å²) in [6.07, 6.45) is 8.40. The zero-order valence-corrected chi connectivity index (χ0v) is 17.6. The van der Waals surface area contributed by atoms with Crippen LogP contribution in [0, 0.1) is 0 Å². The Morgan fingerprint density at radius 2 is 2.16 bits per heavy atom. The van der Waals surface area contributed by atoms with E-state index in [1.165, 1.54) is 11.1 Å². The highest BCUT2D eigenvalue weighted by atomic mass is 16.1. The normalized spacial score (nSPS) is 15.6. The minimum atomic E-state index is -0.163. The number of hydrogen-bond acceptors (Lipinski definition) is 6. The van der Waals surface area contributed by atoms with E-state index >= 15 is 0 Å². The molecule has 1 aliphatic heterocycles. The summed E-state index contributed by atoms with van der Waals surface area (Å²) >= 11 is 0. The van der Waals surface area contributed by atoms with Gasteiger partial charge in [-0.1, -0.05) is 12.1 Å². The molecule has 0 spiro atoms. The molecule has 0 unspecified atom stereocenters. The van der Waals surface area contributed by atoms with E-state index in [-0.39, 0.29) is 5.56 Å². The van der Waals surface area contributed by atoms with Crippen molar-refractivity contribution in [2.45, 2.75) is 38.3 Å². The number of allylic oxidation sites excluding steroid dienone is 1. The van der Waals surface area contributed by atoms with Gasteiger partial charge in [0.2, 0.25) is 5.95 Å². The minimum Gasteiger partial charge on any atom is -0.346 e. The van der Waals surface area contributed by atoms with Gasteiger partial charge in [0.1, 0.15) is 11.2 Å². The molecule has 0 radical (unpaired) electrons. The Bertz CT molecular complexity index is 1390. The van der Waals surface area contributed by atoms with Crippen LogP contribution in [-0.2, 0) is 19.5 Å². The first-order chi connectivity index (χ1) is 15.7. The molecule has 3 N–H and O–H groups in total. The van der Waals surface area contributed by atoms with E-state index in [0.29, 0.717) is 35.3 Å². The first-order valence-corrected chi connectivity index (χ1v) is 11.0. The van der Waals surface area contributed by atoms with Crippen LogP contribution >= 0.6 is 0 Å². The van der Waals surface area contributed by atoms with Crippen LogP contribution in [-0.4, -0.2) is 35.8 Å². The van der Waals surface area contributed by atoms with Crippen molar-refractivity contribution in [1.82, 2.24) is 34.6 Å². The van der Waals surface area contributed by atoms with Gasteiger partial charge in [-0.2, -0.15) is 4.98 Å². The molecule has 0 saturated heterocycles. The van der Waals surface area contributed by atoms with E-state index in [4.69, 9.17) is 9.97 Å². The van der Waals surface area contributed by atoms with Gasteiger partial charge in [0.25, 0.3) is 5.56 Å². The lowest BCUT2D eigenvalue weighted by Crippen LogP contribution is -2.23. The van der Waals surface area contributed by atoms with E-state index in [0.717, 1.165) is 43.9 Å². The highest BCUT2D eigenvalue weighted by Gasteiger charge is 2.27. The molecule has 0 amide bonds. The summed E-state index contributed by atoms with van der Waals surface area (Å²) in [4.78, 5) is 30.2. The molecule has 32 heavy (non-hydrogen) atoms. The Labute approximate surface area is 184 Å². The van der Waals surface area contributed by atoms with Gasteiger partial charge in [-0.25, -0.2) is 19.3 Å². The fourth-order valence-corrected chi connectivity index (χ4v) is 4.29. The number of benzene rings is 1. The third-order valence-corrected chi connectivity index (χ3v) is 6.09. The summed E-state index contributed by atoms with van der Waals surface area (Å²) in [6, 6.07) is 6.31. The maximum absolute atomic E-state index is 13.0. The van der Waals surface area contributed by atoms with Crippen molar-refractivity contribution >= 4 is 22.7 Å². The van der Waals surface area contributed by atoms with Crippen molar-refractivity contribution in [1.29, 1.82) is 0 Å². The van der Waals surface area contributed by atoms with Crippen LogP contribution < -0.4 is 16.2 Å². The number of nitrogens with one attached hydrogen (secondary N) is 3. The van der Waals surface area contributed by atoms with Crippen LogP contribution in [0.15, 0.2) is 48.0 Å². The average Bonchev–Trinajstić information content (AvgIpc) is 3.49. The second-order valence-corrected chi connectivity index (χ2v) is 8.37. The standard InChI is InChI=1S/C23H24N8O/c1-2-9-30-22(32)18-12-26-23(27-17-6-5-16-11-24-8-7-15(16)10-17)29-21(18)31(30)19-13-25-20(28-19)14-3-4-14/h2,5-6,10,12-14,24H,1,3-4,7-9,11H2,(H,25,28)(H,26,27,29). The highest BCUT2D eigenvalue weighted by molar-refractivity contribution is 5.77. The van der Waals surface area contributed by atoms with E-state index in [9.17, 15) is 4.79 Å². The summed E-state index contributed by atoms with van der Waals surface area (Å²) in [5.74, 6) is 2.52. The van der Waals surface area contributed by atoms with Gasteiger partial charge < -0.3 is 15.6 Å². The van der Waals surface area contributed by atoms with Gasteiger partial charge in [-0.15, -0.1) is 6.58 Å². The molecule has 3 aromatic heterocycles. The van der Waals surface area contributed by atoms with Crippen LogP contribution in [0.25, 0.3) is 16.9 Å². The van der Waals surface area contributed by atoms with Gasteiger partial charge >= 0.3 is 0 Å².